The van der Waals surface area contributed by atoms with Gasteiger partial charge in [0.1, 0.15) is 5.82 Å². The second-order valence-corrected chi connectivity index (χ2v) is 7.48. The van der Waals surface area contributed by atoms with Gasteiger partial charge in [-0.3, -0.25) is 0 Å². The number of hydrogen-bond acceptors (Lipinski definition) is 3. The molecule has 1 saturated carbocycles. The molecule has 128 valence electrons. The van der Waals surface area contributed by atoms with Gasteiger partial charge in [0, 0.05) is 31.9 Å². The first-order valence-electron chi connectivity index (χ1n) is 9.08. The first kappa shape index (κ1) is 17.0. The standard InChI is InChI=1S/C21H29N3/c1-21(2)13-8-11-19(21)22-15-16-24(20-12-6-7-14-23-20)17-18-9-4-3-5-10-18/h3-7,9-10,12,14,19,22H,8,11,13,15-17H2,1-2H3. The summed E-state index contributed by atoms with van der Waals surface area (Å²) < 4.78 is 0. The molecule has 1 fully saturated rings. The highest BCUT2D eigenvalue weighted by molar-refractivity contribution is 5.39. The maximum absolute atomic E-state index is 4.55. The molecular formula is C21H29N3. The van der Waals surface area contributed by atoms with Crippen LogP contribution in [0.25, 0.3) is 0 Å². The summed E-state index contributed by atoms with van der Waals surface area (Å²) in [5.41, 5.74) is 1.75. The zero-order valence-electron chi connectivity index (χ0n) is 14.9. The van der Waals surface area contributed by atoms with Gasteiger partial charge in [-0.15, -0.1) is 0 Å². The molecule has 1 aromatic heterocycles. The molecule has 3 heteroatoms. The van der Waals surface area contributed by atoms with Gasteiger partial charge in [0.2, 0.25) is 0 Å². The van der Waals surface area contributed by atoms with Crippen LogP contribution in [0.4, 0.5) is 5.82 Å². The predicted octanol–water partition coefficient (Wildman–Crippen LogP) is 4.26. The Morgan fingerprint density at radius 1 is 1.12 bits per heavy atom. The molecule has 1 N–H and O–H groups in total. The van der Waals surface area contributed by atoms with Crippen LogP contribution in [0, 0.1) is 5.41 Å². The summed E-state index contributed by atoms with van der Waals surface area (Å²) >= 11 is 0. The second-order valence-electron chi connectivity index (χ2n) is 7.48. The molecule has 0 bridgehead atoms. The zero-order valence-corrected chi connectivity index (χ0v) is 14.9. The number of nitrogens with one attached hydrogen (secondary N) is 1. The Balaban J connectivity index is 1.62. The fourth-order valence-corrected chi connectivity index (χ4v) is 3.70. The second kappa shape index (κ2) is 7.80. The molecule has 3 rings (SSSR count). The van der Waals surface area contributed by atoms with Crippen molar-refractivity contribution >= 4 is 5.82 Å². The fourth-order valence-electron chi connectivity index (χ4n) is 3.70. The zero-order chi connectivity index (χ0) is 16.8. The molecule has 0 amide bonds. The topological polar surface area (TPSA) is 28.2 Å². The normalized spacial score (nSPS) is 19.3. The van der Waals surface area contributed by atoms with E-state index in [1.165, 1.54) is 24.8 Å². The van der Waals surface area contributed by atoms with Gasteiger partial charge in [0.05, 0.1) is 0 Å². The van der Waals surface area contributed by atoms with E-state index in [4.69, 9.17) is 0 Å². The number of aromatic nitrogens is 1. The van der Waals surface area contributed by atoms with E-state index in [0.717, 1.165) is 25.5 Å². The van der Waals surface area contributed by atoms with Crippen LogP contribution in [0.3, 0.4) is 0 Å². The first-order valence-corrected chi connectivity index (χ1v) is 9.08. The molecule has 1 heterocycles. The Hall–Kier alpha value is -1.87. The molecular weight excluding hydrogens is 294 g/mol. The average molecular weight is 323 g/mol. The summed E-state index contributed by atoms with van der Waals surface area (Å²) in [5, 5.41) is 3.79. The van der Waals surface area contributed by atoms with Crippen molar-refractivity contribution < 1.29 is 0 Å². The van der Waals surface area contributed by atoms with Crippen LogP contribution in [-0.2, 0) is 6.54 Å². The minimum absolute atomic E-state index is 0.426. The highest BCUT2D eigenvalue weighted by atomic mass is 15.2. The van der Waals surface area contributed by atoms with Crippen LogP contribution in [0.2, 0.25) is 0 Å². The van der Waals surface area contributed by atoms with Crippen molar-refractivity contribution in [2.75, 3.05) is 18.0 Å². The maximum atomic E-state index is 4.55. The van der Waals surface area contributed by atoms with E-state index in [1.54, 1.807) is 0 Å². The van der Waals surface area contributed by atoms with Gasteiger partial charge < -0.3 is 10.2 Å². The first-order chi connectivity index (χ1) is 11.6. The molecule has 1 aliphatic carbocycles. The monoisotopic (exact) mass is 323 g/mol. The summed E-state index contributed by atoms with van der Waals surface area (Å²) in [6.07, 6.45) is 5.85. The summed E-state index contributed by atoms with van der Waals surface area (Å²) in [7, 11) is 0. The van der Waals surface area contributed by atoms with Crippen molar-refractivity contribution in [2.24, 2.45) is 5.41 Å². The summed E-state index contributed by atoms with van der Waals surface area (Å²) in [4.78, 5) is 6.92. The third kappa shape index (κ3) is 4.35. The quantitative estimate of drug-likeness (QED) is 0.825. The lowest BCUT2D eigenvalue weighted by Crippen LogP contribution is -2.42. The van der Waals surface area contributed by atoms with Crippen molar-refractivity contribution in [1.82, 2.24) is 10.3 Å². The van der Waals surface area contributed by atoms with E-state index >= 15 is 0 Å². The van der Waals surface area contributed by atoms with Crippen LogP contribution in [-0.4, -0.2) is 24.1 Å². The molecule has 1 atom stereocenters. The minimum Gasteiger partial charge on any atom is -0.351 e. The Kier molecular flexibility index (Phi) is 5.52. The van der Waals surface area contributed by atoms with E-state index in [1.807, 2.05) is 12.3 Å². The van der Waals surface area contributed by atoms with Gasteiger partial charge in [-0.25, -0.2) is 4.98 Å². The Labute approximate surface area is 146 Å². The fraction of sp³-hybridized carbons (Fsp3) is 0.476. The van der Waals surface area contributed by atoms with E-state index in [9.17, 15) is 0 Å². The number of anilines is 1. The Morgan fingerprint density at radius 2 is 1.92 bits per heavy atom. The molecule has 1 unspecified atom stereocenters. The summed E-state index contributed by atoms with van der Waals surface area (Å²) in [6.45, 7) is 7.64. The van der Waals surface area contributed by atoms with Crippen molar-refractivity contribution in [1.29, 1.82) is 0 Å². The Morgan fingerprint density at radius 3 is 2.58 bits per heavy atom. The van der Waals surface area contributed by atoms with Crippen LogP contribution in [0.5, 0.6) is 0 Å². The average Bonchev–Trinajstić information content (AvgIpc) is 2.94. The molecule has 2 aromatic rings. The smallest absolute Gasteiger partial charge is 0.128 e. The summed E-state index contributed by atoms with van der Waals surface area (Å²) in [5.74, 6) is 1.05. The highest BCUT2D eigenvalue weighted by Gasteiger charge is 2.33. The lowest BCUT2D eigenvalue weighted by Gasteiger charge is -2.30. The molecule has 1 aliphatic rings. The van der Waals surface area contributed by atoms with Gasteiger partial charge in [-0.1, -0.05) is 56.7 Å². The number of pyridine rings is 1. The molecule has 3 nitrogen and oxygen atoms in total. The van der Waals surface area contributed by atoms with Crippen molar-refractivity contribution in [3.63, 3.8) is 0 Å². The highest BCUT2D eigenvalue weighted by Crippen LogP contribution is 2.37. The van der Waals surface area contributed by atoms with Crippen LogP contribution in [0.1, 0.15) is 38.7 Å². The van der Waals surface area contributed by atoms with Crippen LogP contribution in [0.15, 0.2) is 54.7 Å². The number of rotatable bonds is 7. The van der Waals surface area contributed by atoms with Gasteiger partial charge >= 0.3 is 0 Å². The third-order valence-corrected chi connectivity index (χ3v) is 5.22. The molecule has 0 radical (unpaired) electrons. The third-order valence-electron chi connectivity index (χ3n) is 5.22. The lowest BCUT2D eigenvalue weighted by molar-refractivity contribution is 0.285. The van der Waals surface area contributed by atoms with E-state index in [-0.39, 0.29) is 0 Å². The molecule has 24 heavy (non-hydrogen) atoms. The number of nitrogens with zero attached hydrogens (tertiary/aromatic N) is 2. The van der Waals surface area contributed by atoms with Gasteiger partial charge in [0.15, 0.2) is 0 Å². The molecule has 0 spiro atoms. The molecule has 0 saturated heterocycles. The largest absolute Gasteiger partial charge is 0.351 e. The lowest BCUT2D eigenvalue weighted by atomic mass is 9.87. The maximum Gasteiger partial charge on any atom is 0.128 e. The molecule has 1 aromatic carbocycles. The Bertz CT molecular complexity index is 609. The van der Waals surface area contributed by atoms with Crippen LogP contribution >= 0.6 is 0 Å². The minimum atomic E-state index is 0.426. The van der Waals surface area contributed by atoms with Crippen molar-refractivity contribution in [3.8, 4) is 0 Å². The van der Waals surface area contributed by atoms with Crippen molar-refractivity contribution in [3.05, 3.63) is 60.3 Å². The van der Waals surface area contributed by atoms with Gasteiger partial charge in [0.25, 0.3) is 0 Å². The van der Waals surface area contributed by atoms with Gasteiger partial charge in [-0.2, -0.15) is 0 Å². The molecule has 0 aliphatic heterocycles. The predicted molar refractivity (Wildman–Crippen MR) is 101 cm³/mol. The van der Waals surface area contributed by atoms with Crippen LogP contribution < -0.4 is 10.2 Å². The van der Waals surface area contributed by atoms with Crippen molar-refractivity contribution in [2.45, 2.75) is 45.7 Å². The SMILES string of the molecule is CC1(C)CCCC1NCCN(Cc1ccccc1)c1ccccn1. The summed E-state index contributed by atoms with van der Waals surface area (Å²) in [6, 6.07) is 17.4. The van der Waals surface area contributed by atoms with E-state index in [2.05, 4.69) is 71.5 Å². The van der Waals surface area contributed by atoms with E-state index in [0.29, 0.717) is 11.5 Å². The number of hydrogen-bond donors (Lipinski definition) is 1. The van der Waals surface area contributed by atoms with Gasteiger partial charge in [-0.05, 0) is 36.0 Å². The van der Waals surface area contributed by atoms with E-state index < -0.39 is 0 Å². The number of benzene rings is 1.